The quantitative estimate of drug-likeness (QED) is 0.576. The van der Waals surface area contributed by atoms with Crippen molar-refractivity contribution in [3.63, 3.8) is 0 Å². The fourth-order valence-corrected chi connectivity index (χ4v) is 2.39. The number of rotatable bonds is 7. The van der Waals surface area contributed by atoms with Crippen LogP contribution in [0.25, 0.3) is 11.1 Å². The van der Waals surface area contributed by atoms with E-state index in [1.54, 1.807) is 18.2 Å². The van der Waals surface area contributed by atoms with Gasteiger partial charge >= 0.3 is 5.97 Å². The third-order valence-corrected chi connectivity index (χ3v) is 3.58. The van der Waals surface area contributed by atoms with Gasteiger partial charge < -0.3 is 26.0 Å². The smallest absolute Gasteiger partial charge is 0.335 e. The van der Waals surface area contributed by atoms with Gasteiger partial charge in [-0.3, -0.25) is 0 Å². The number of carboxylic acids is 1. The monoisotopic (exact) mass is 316 g/mol. The number of carbonyl (C=O) groups is 1. The first-order valence-electron chi connectivity index (χ1n) is 7.26. The number of aliphatic hydroxyl groups is 2. The number of nitrogen functional groups attached to an aromatic ring is 1. The molecule has 0 bridgehead atoms. The first kappa shape index (κ1) is 16.8. The van der Waals surface area contributed by atoms with Gasteiger partial charge in [-0.05, 0) is 35.9 Å². The summed E-state index contributed by atoms with van der Waals surface area (Å²) < 4.78 is 0. The second-order valence-corrected chi connectivity index (χ2v) is 5.09. The van der Waals surface area contributed by atoms with E-state index in [4.69, 9.17) is 21.1 Å². The third-order valence-electron chi connectivity index (χ3n) is 3.58. The van der Waals surface area contributed by atoms with Crippen LogP contribution in [0.4, 0.5) is 11.4 Å². The van der Waals surface area contributed by atoms with E-state index in [0.29, 0.717) is 18.8 Å². The normalized spacial score (nSPS) is 10.5. The lowest BCUT2D eigenvalue weighted by molar-refractivity contribution is 0.0697. The number of nitrogens with zero attached hydrogens (tertiary/aromatic N) is 1. The molecule has 0 atom stereocenters. The minimum absolute atomic E-state index is 0.0208. The molecule has 0 spiro atoms. The highest BCUT2D eigenvalue weighted by Crippen LogP contribution is 2.30. The SMILES string of the molecule is Nc1ccc(N(CCO)CCO)cc1-c1ccc(C(=O)O)cc1. The number of hydrogen-bond acceptors (Lipinski definition) is 5. The molecule has 0 saturated carbocycles. The van der Waals surface area contributed by atoms with Crippen molar-refractivity contribution in [2.75, 3.05) is 36.9 Å². The molecule has 2 aromatic carbocycles. The van der Waals surface area contributed by atoms with Crippen LogP contribution in [0, 0.1) is 0 Å². The molecule has 0 unspecified atom stereocenters. The van der Waals surface area contributed by atoms with Crippen LogP contribution in [0.5, 0.6) is 0 Å². The molecule has 6 nitrogen and oxygen atoms in total. The van der Waals surface area contributed by atoms with Gasteiger partial charge in [-0.25, -0.2) is 4.79 Å². The van der Waals surface area contributed by atoms with Gasteiger partial charge in [-0.1, -0.05) is 12.1 Å². The molecule has 6 heteroatoms. The molecular weight excluding hydrogens is 296 g/mol. The van der Waals surface area contributed by atoms with Crippen molar-refractivity contribution in [2.24, 2.45) is 0 Å². The van der Waals surface area contributed by atoms with Gasteiger partial charge in [-0.2, -0.15) is 0 Å². The second kappa shape index (κ2) is 7.62. The van der Waals surface area contributed by atoms with E-state index < -0.39 is 5.97 Å². The zero-order chi connectivity index (χ0) is 16.8. The van der Waals surface area contributed by atoms with Gasteiger partial charge in [0, 0.05) is 30.0 Å². The first-order chi connectivity index (χ1) is 11.1. The average molecular weight is 316 g/mol. The summed E-state index contributed by atoms with van der Waals surface area (Å²) in [5, 5.41) is 27.2. The minimum Gasteiger partial charge on any atom is -0.478 e. The summed E-state index contributed by atoms with van der Waals surface area (Å²) in [6, 6.07) is 11.9. The lowest BCUT2D eigenvalue weighted by atomic mass is 10.0. The molecule has 23 heavy (non-hydrogen) atoms. The molecule has 0 saturated heterocycles. The first-order valence-corrected chi connectivity index (χ1v) is 7.26. The summed E-state index contributed by atoms with van der Waals surface area (Å²) in [7, 11) is 0. The summed E-state index contributed by atoms with van der Waals surface area (Å²) in [6.07, 6.45) is 0. The van der Waals surface area contributed by atoms with Gasteiger partial charge in [0.1, 0.15) is 0 Å². The summed E-state index contributed by atoms with van der Waals surface area (Å²) >= 11 is 0. The summed E-state index contributed by atoms with van der Waals surface area (Å²) in [5.74, 6) is -0.977. The van der Waals surface area contributed by atoms with E-state index in [0.717, 1.165) is 16.8 Å². The lowest BCUT2D eigenvalue weighted by Gasteiger charge is -2.24. The molecule has 0 aliphatic heterocycles. The number of nitrogens with two attached hydrogens (primary N) is 1. The van der Waals surface area contributed by atoms with Crippen LogP contribution >= 0.6 is 0 Å². The van der Waals surface area contributed by atoms with Crippen molar-refractivity contribution >= 4 is 17.3 Å². The van der Waals surface area contributed by atoms with Gasteiger partial charge in [0.2, 0.25) is 0 Å². The Labute approximate surface area is 134 Å². The Bertz CT molecular complexity index is 665. The number of anilines is 2. The van der Waals surface area contributed by atoms with Crippen LogP contribution in [-0.4, -0.2) is 47.6 Å². The highest BCUT2D eigenvalue weighted by Gasteiger charge is 2.10. The van der Waals surface area contributed by atoms with E-state index in [9.17, 15) is 4.79 Å². The molecule has 0 aliphatic rings. The van der Waals surface area contributed by atoms with Crippen molar-refractivity contribution in [3.8, 4) is 11.1 Å². The molecule has 0 fully saturated rings. The average Bonchev–Trinajstić information content (AvgIpc) is 2.55. The highest BCUT2D eigenvalue weighted by molar-refractivity contribution is 5.89. The minimum atomic E-state index is -0.977. The number of aromatic carboxylic acids is 1. The molecule has 0 aromatic heterocycles. The molecule has 2 aromatic rings. The highest BCUT2D eigenvalue weighted by atomic mass is 16.4. The van der Waals surface area contributed by atoms with Gasteiger partial charge in [0.05, 0.1) is 18.8 Å². The van der Waals surface area contributed by atoms with Crippen molar-refractivity contribution < 1.29 is 20.1 Å². The molecule has 0 amide bonds. The Morgan fingerprint density at radius 1 is 1.00 bits per heavy atom. The Balaban J connectivity index is 2.38. The number of hydrogen-bond donors (Lipinski definition) is 4. The van der Waals surface area contributed by atoms with Gasteiger partial charge in [0.25, 0.3) is 0 Å². The summed E-state index contributed by atoms with van der Waals surface area (Å²) in [6.45, 7) is 0.768. The van der Waals surface area contributed by atoms with Crippen LogP contribution in [0.2, 0.25) is 0 Å². The number of benzene rings is 2. The largest absolute Gasteiger partial charge is 0.478 e. The predicted octanol–water partition coefficient (Wildman–Crippen LogP) is 1.42. The van der Waals surface area contributed by atoms with Gasteiger partial charge in [-0.15, -0.1) is 0 Å². The van der Waals surface area contributed by atoms with Crippen LogP contribution in [0.3, 0.4) is 0 Å². The van der Waals surface area contributed by atoms with E-state index in [1.807, 2.05) is 17.0 Å². The molecule has 5 N–H and O–H groups in total. The lowest BCUT2D eigenvalue weighted by Crippen LogP contribution is -2.29. The molecule has 0 aliphatic carbocycles. The maximum atomic E-state index is 10.9. The summed E-state index contributed by atoms with van der Waals surface area (Å²) in [5.41, 5.74) is 9.24. The van der Waals surface area contributed by atoms with Crippen LogP contribution in [0.15, 0.2) is 42.5 Å². The molecular formula is C17H20N2O4. The maximum Gasteiger partial charge on any atom is 0.335 e. The topological polar surface area (TPSA) is 107 Å². The van der Waals surface area contributed by atoms with Crippen molar-refractivity contribution in [1.29, 1.82) is 0 Å². The zero-order valence-corrected chi connectivity index (χ0v) is 12.6. The van der Waals surface area contributed by atoms with E-state index in [1.165, 1.54) is 12.1 Å². The molecule has 0 radical (unpaired) electrons. The fraction of sp³-hybridized carbons (Fsp3) is 0.235. The Morgan fingerprint density at radius 2 is 1.61 bits per heavy atom. The van der Waals surface area contributed by atoms with Crippen LogP contribution < -0.4 is 10.6 Å². The maximum absolute atomic E-state index is 10.9. The predicted molar refractivity (Wildman–Crippen MR) is 89.6 cm³/mol. The zero-order valence-electron chi connectivity index (χ0n) is 12.6. The number of aliphatic hydroxyl groups excluding tert-OH is 2. The number of carboxylic acid groups (broad SMARTS) is 1. The van der Waals surface area contributed by atoms with E-state index in [-0.39, 0.29) is 18.8 Å². The van der Waals surface area contributed by atoms with E-state index in [2.05, 4.69) is 0 Å². The van der Waals surface area contributed by atoms with Crippen molar-refractivity contribution in [2.45, 2.75) is 0 Å². The van der Waals surface area contributed by atoms with Crippen molar-refractivity contribution in [1.82, 2.24) is 0 Å². The molecule has 0 heterocycles. The van der Waals surface area contributed by atoms with Gasteiger partial charge in [0.15, 0.2) is 0 Å². The third kappa shape index (κ3) is 4.00. The van der Waals surface area contributed by atoms with Crippen LogP contribution in [-0.2, 0) is 0 Å². The summed E-state index contributed by atoms with van der Waals surface area (Å²) in [4.78, 5) is 12.8. The van der Waals surface area contributed by atoms with Crippen molar-refractivity contribution in [3.05, 3.63) is 48.0 Å². The second-order valence-electron chi connectivity index (χ2n) is 5.09. The fourth-order valence-electron chi connectivity index (χ4n) is 2.39. The standard InChI is InChI=1S/C17H20N2O4/c18-16-6-5-14(19(7-9-20)8-10-21)11-15(16)12-1-3-13(4-2-12)17(22)23/h1-6,11,20-21H,7-10,18H2,(H,22,23). The van der Waals surface area contributed by atoms with Crippen LogP contribution in [0.1, 0.15) is 10.4 Å². The Morgan fingerprint density at radius 3 is 2.13 bits per heavy atom. The molecule has 122 valence electrons. The van der Waals surface area contributed by atoms with E-state index >= 15 is 0 Å². The Kier molecular flexibility index (Phi) is 5.56. The molecule has 2 rings (SSSR count). The Hall–Kier alpha value is -2.57.